The molecule has 1 aromatic carbocycles. The number of benzene rings is 1. The van der Waals surface area contributed by atoms with Crippen LogP contribution in [0.4, 0.5) is 5.69 Å². The highest BCUT2D eigenvalue weighted by atomic mass is 35.5. The zero-order valence-electron chi connectivity index (χ0n) is 6.91. The van der Waals surface area contributed by atoms with E-state index in [1.165, 1.54) is 25.2 Å². The summed E-state index contributed by atoms with van der Waals surface area (Å²) < 4.78 is 24.7. The van der Waals surface area contributed by atoms with Crippen LogP contribution in [0.3, 0.4) is 0 Å². The molecule has 72 valence electrons. The van der Waals surface area contributed by atoms with Crippen LogP contribution in [0.5, 0.6) is 0 Å². The molecule has 0 aliphatic rings. The summed E-state index contributed by atoms with van der Waals surface area (Å²) in [5.74, 6) is 0. The van der Waals surface area contributed by atoms with E-state index in [9.17, 15) is 8.42 Å². The van der Waals surface area contributed by atoms with Crippen molar-refractivity contribution < 1.29 is 8.42 Å². The normalized spacial score (nSPS) is 11.5. The van der Waals surface area contributed by atoms with Gasteiger partial charge in [-0.25, -0.2) is 13.1 Å². The van der Waals surface area contributed by atoms with Crippen molar-refractivity contribution in [3.05, 3.63) is 23.2 Å². The first-order valence-corrected chi connectivity index (χ1v) is 5.32. The van der Waals surface area contributed by atoms with E-state index in [1.54, 1.807) is 0 Å². The summed E-state index contributed by atoms with van der Waals surface area (Å²) >= 11 is 5.66. The topological polar surface area (TPSA) is 72.2 Å². The molecule has 0 spiro atoms. The smallest absolute Gasteiger partial charge is 0.240 e. The second-order valence-electron chi connectivity index (χ2n) is 2.39. The standard InChI is InChI=1S/C7H9ClN2O2S/c1-10-13(11,12)5-2-3-7(9)6(8)4-5/h2-4,10H,9H2,1H3. The molecule has 3 N–H and O–H groups in total. The predicted molar refractivity (Wildman–Crippen MR) is 52.1 cm³/mol. The van der Waals surface area contributed by atoms with Gasteiger partial charge in [0.2, 0.25) is 10.0 Å². The molecular weight excluding hydrogens is 212 g/mol. The van der Waals surface area contributed by atoms with Crippen LogP contribution in [0.25, 0.3) is 0 Å². The molecule has 0 heterocycles. The van der Waals surface area contributed by atoms with Gasteiger partial charge in [0.05, 0.1) is 15.6 Å². The van der Waals surface area contributed by atoms with Crippen LogP contribution in [-0.2, 0) is 10.0 Å². The maximum absolute atomic E-state index is 11.3. The zero-order chi connectivity index (χ0) is 10.1. The Morgan fingerprint density at radius 1 is 1.46 bits per heavy atom. The lowest BCUT2D eigenvalue weighted by Gasteiger charge is -2.03. The lowest BCUT2D eigenvalue weighted by Crippen LogP contribution is -2.18. The molecule has 6 heteroatoms. The fraction of sp³-hybridized carbons (Fsp3) is 0.143. The molecule has 0 saturated carbocycles. The van der Waals surface area contributed by atoms with E-state index in [0.29, 0.717) is 5.69 Å². The molecule has 4 nitrogen and oxygen atoms in total. The molecule has 0 aliphatic heterocycles. The predicted octanol–water partition coefficient (Wildman–Crippen LogP) is 0.830. The van der Waals surface area contributed by atoms with E-state index >= 15 is 0 Å². The molecule has 13 heavy (non-hydrogen) atoms. The molecule has 0 bridgehead atoms. The van der Waals surface area contributed by atoms with Gasteiger partial charge >= 0.3 is 0 Å². The second kappa shape index (κ2) is 3.53. The summed E-state index contributed by atoms with van der Waals surface area (Å²) in [5, 5.41) is 0.233. The second-order valence-corrected chi connectivity index (χ2v) is 4.68. The fourth-order valence-electron chi connectivity index (χ4n) is 0.793. The van der Waals surface area contributed by atoms with E-state index in [-0.39, 0.29) is 9.92 Å². The number of nitrogen functional groups attached to an aromatic ring is 1. The maximum Gasteiger partial charge on any atom is 0.240 e. The van der Waals surface area contributed by atoms with Gasteiger partial charge in [0.15, 0.2) is 0 Å². The molecular formula is C7H9ClN2O2S. The van der Waals surface area contributed by atoms with Crippen LogP contribution in [0.1, 0.15) is 0 Å². The number of anilines is 1. The molecule has 0 amide bonds. The first-order chi connectivity index (χ1) is 5.97. The Balaban J connectivity index is 3.27. The van der Waals surface area contributed by atoms with Crippen molar-refractivity contribution in [2.75, 3.05) is 12.8 Å². The van der Waals surface area contributed by atoms with Crippen LogP contribution in [0.15, 0.2) is 23.1 Å². The third kappa shape index (κ3) is 2.12. The molecule has 0 fully saturated rings. The Morgan fingerprint density at radius 2 is 2.08 bits per heavy atom. The SMILES string of the molecule is CNS(=O)(=O)c1ccc(N)c(Cl)c1. The lowest BCUT2D eigenvalue weighted by molar-refractivity contribution is 0.588. The van der Waals surface area contributed by atoms with Crippen molar-refractivity contribution in [2.24, 2.45) is 0 Å². The Morgan fingerprint density at radius 3 is 2.54 bits per heavy atom. The van der Waals surface area contributed by atoms with Crippen molar-refractivity contribution in [2.45, 2.75) is 4.90 Å². The van der Waals surface area contributed by atoms with E-state index in [1.807, 2.05) is 0 Å². The van der Waals surface area contributed by atoms with Gasteiger partial charge in [-0.1, -0.05) is 11.6 Å². The van der Waals surface area contributed by atoms with Crippen LogP contribution in [-0.4, -0.2) is 15.5 Å². The van der Waals surface area contributed by atoms with Crippen LogP contribution in [0.2, 0.25) is 5.02 Å². The Hall–Kier alpha value is -0.780. The van der Waals surface area contributed by atoms with Crippen LogP contribution >= 0.6 is 11.6 Å². The van der Waals surface area contributed by atoms with Gasteiger partial charge in [-0.05, 0) is 25.2 Å². The summed E-state index contributed by atoms with van der Waals surface area (Å²) in [4.78, 5) is 0.106. The zero-order valence-corrected chi connectivity index (χ0v) is 8.48. The summed E-state index contributed by atoms with van der Waals surface area (Å²) in [5.41, 5.74) is 5.78. The number of hydrogen-bond donors (Lipinski definition) is 2. The van der Waals surface area contributed by atoms with E-state index in [0.717, 1.165) is 0 Å². The van der Waals surface area contributed by atoms with Crippen molar-refractivity contribution >= 4 is 27.3 Å². The molecule has 0 unspecified atom stereocenters. The molecule has 1 rings (SSSR count). The van der Waals surface area contributed by atoms with Crippen molar-refractivity contribution in [1.29, 1.82) is 0 Å². The third-order valence-electron chi connectivity index (χ3n) is 1.55. The van der Waals surface area contributed by atoms with Crippen LogP contribution < -0.4 is 10.5 Å². The largest absolute Gasteiger partial charge is 0.398 e. The minimum absolute atomic E-state index is 0.106. The third-order valence-corrected chi connectivity index (χ3v) is 3.29. The van der Waals surface area contributed by atoms with Gasteiger partial charge in [0.1, 0.15) is 0 Å². The minimum Gasteiger partial charge on any atom is -0.398 e. The number of nitrogens with two attached hydrogens (primary N) is 1. The summed E-state index contributed by atoms with van der Waals surface area (Å²) in [6.45, 7) is 0. The molecule has 0 atom stereocenters. The number of hydrogen-bond acceptors (Lipinski definition) is 3. The first-order valence-electron chi connectivity index (χ1n) is 3.46. The highest BCUT2D eigenvalue weighted by Crippen LogP contribution is 2.21. The average Bonchev–Trinajstić information content (AvgIpc) is 2.09. The minimum atomic E-state index is -3.43. The molecule has 0 radical (unpaired) electrons. The van der Waals surface area contributed by atoms with Gasteiger partial charge in [-0.15, -0.1) is 0 Å². The van der Waals surface area contributed by atoms with E-state index in [2.05, 4.69) is 4.72 Å². The molecule has 1 aromatic rings. The van der Waals surface area contributed by atoms with Gasteiger partial charge in [-0.2, -0.15) is 0 Å². The number of nitrogens with one attached hydrogen (secondary N) is 1. The summed E-state index contributed by atoms with van der Waals surface area (Å²) in [7, 11) is -2.09. The van der Waals surface area contributed by atoms with Gasteiger partial charge in [0.25, 0.3) is 0 Å². The Bertz CT molecular complexity index is 417. The maximum atomic E-state index is 11.3. The molecule has 0 saturated heterocycles. The fourth-order valence-corrected chi connectivity index (χ4v) is 1.79. The highest BCUT2D eigenvalue weighted by Gasteiger charge is 2.11. The Kier molecular flexibility index (Phi) is 2.80. The van der Waals surface area contributed by atoms with Gasteiger partial charge < -0.3 is 5.73 Å². The number of sulfonamides is 1. The highest BCUT2D eigenvalue weighted by molar-refractivity contribution is 7.89. The first kappa shape index (κ1) is 10.3. The summed E-state index contributed by atoms with van der Waals surface area (Å²) in [6, 6.07) is 4.16. The molecule has 0 aromatic heterocycles. The summed E-state index contributed by atoms with van der Waals surface area (Å²) in [6.07, 6.45) is 0. The monoisotopic (exact) mass is 220 g/mol. The van der Waals surface area contributed by atoms with E-state index in [4.69, 9.17) is 17.3 Å². The quantitative estimate of drug-likeness (QED) is 0.726. The van der Waals surface area contributed by atoms with E-state index < -0.39 is 10.0 Å². The Labute approximate surface area is 81.8 Å². The number of halogens is 1. The van der Waals surface area contributed by atoms with Crippen molar-refractivity contribution in [3.8, 4) is 0 Å². The lowest BCUT2D eigenvalue weighted by atomic mass is 10.3. The van der Waals surface area contributed by atoms with Crippen LogP contribution in [0, 0.1) is 0 Å². The van der Waals surface area contributed by atoms with Crippen molar-refractivity contribution in [3.63, 3.8) is 0 Å². The average molecular weight is 221 g/mol. The van der Waals surface area contributed by atoms with Gasteiger partial charge in [0, 0.05) is 0 Å². The van der Waals surface area contributed by atoms with Crippen molar-refractivity contribution in [1.82, 2.24) is 4.72 Å². The number of rotatable bonds is 2. The van der Waals surface area contributed by atoms with Gasteiger partial charge in [-0.3, -0.25) is 0 Å². The molecule has 0 aliphatic carbocycles.